The van der Waals surface area contributed by atoms with Gasteiger partial charge < -0.3 is 20.1 Å². The molecule has 0 aromatic heterocycles. The van der Waals surface area contributed by atoms with Gasteiger partial charge in [-0.05, 0) is 50.2 Å². The van der Waals surface area contributed by atoms with Crippen molar-refractivity contribution in [2.24, 2.45) is 0 Å². The first-order chi connectivity index (χ1) is 12.5. The molecule has 0 bridgehead atoms. The predicted octanol–water partition coefficient (Wildman–Crippen LogP) is 3.49. The summed E-state index contributed by atoms with van der Waals surface area (Å²) >= 11 is 0. The molecule has 136 valence electrons. The van der Waals surface area contributed by atoms with Gasteiger partial charge in [0.2, 0.25) is 5.91 Å². The maximum absolute atomic E-state index is 12.4. The highest BCUT2D eigenvalue weighted by atomic mass is 16.5. The highest BCUT2D eigenvalue weighted by Gasteiger charge is 2.15. The Morgan fingerprint density at radius 1 is 0.962 bits per heavy atom. The van der Waals surface area contributed by atoms with Crippen molar-refractivity contribution in [2.75, 3.05) is 23.8 Å². The van der Waals surface area contributed by atoms with Crippen molar-refractivity contribution in [3.63, 3.8) is 0 Å². The van der Waals surface area contributed by atoms with Crippen LogP contribution in [0, 0.1) is 0 Å². The number of carbonyl (C=O) groups excluding carboxylic acids is 2. The van der Waals surface area contributed by atoms with Gasteiger partial charge in [0.1, 0.15) is 6.04 Å². The Kier molecular flexibility index (Phi) is 5.41. The Labute approximate surface area is 152 Å². The molecule has 1 heterocycles. The molecule has 0 spiro atoms. The fourth-order valence-corrected chi connectivity index (χ4v) is 2.61. The summed E-state index contributed by atoms with van der Waals surface area (Å²) in [4.78, 5) is 23.7. The lowest BCUT2D eigenvalue weighted by Crippen LogP contribution is -2.31. The van der Waals surface area contributed by atoms with E-state index in [0.29, 0.717) is 30.2 Å². The van der Waals surface area contributed by atoms with Crippen molar-refractivity contribution in [2.45, 2.75) is 26.3 Å². The SMILES string of the molecule is CC(=O)c1ccc(NC(=O)[C@H](C)Nc2ccc3c(c2)OCCCO3)cc1. The van der Waals surface area contributed by atoms with E-state index in [1.165, 1.54) is 6.92 Å². The standard InChI is InChI=1S/C20H22N2O4/c1-13(20(24)22-16-6-4-15(5-7-16)14(2)23)21-17-8-9-18-19(12-17)26-11-3-10-25-18/h4-9,12-13,21H,3,10-11H2,1-2H3,(H,22,24)/t13-/m0/s1. The molecular weight excluding hydrogens is 332 g/mol. The van der Waals surface area contributed by atoms with E-state index in [-0.39, 0.29) is 11.7 Å². The third kappa shape index (κ3) is 4.33. The normalized spacial score (nSPS) is 14.1. The first-order valence-electron chi connectivity index (χ1n) is 8.61. The predicted molar refractivity (Wildman–Crippen MR) is 100 cm³/mol. The van der Waals surface area contributed by atoms with E-state index in [4.69, 9.17) is 9.47 Å². The van der Waals surface area contributed by atoms with Gasteiger partial charge in [-0.25, -0.2) is 0 Å². The summed E-state index contributed by atoms with van der Waals surface area (Å²) in [6.45, 7) is 4.54. The van der Waals surface area contributed by atoms with Crippen LogP contribution in [-0.4, -0.2) is 30.9 Å². The van der Waals surface area contributed by atoms with Crippen LogP contribution in [-0.2, 0) is 4.79 Å². The monoisotopic (exact) mass is 354 g/mol. The molecular formula is C20H22N2O4. The molecule has 2 aromatic rings. The van der Waals surface area contributed by atoms with E-state index in [2.05, 4.69) is 10.6 Å². The van der Waals surface area contributed by atoms with Crippen LogP contribution in [0.5, 0.6) is 11.5 Å². The maximum Gasteiger partial charge on any atom is 0.246 e. The molecule has 1 amide bonds. The molecule has 6 nitrogen and oxygen atoms in total. The number of amides is 1. The van der Waals surface area contributed by atoms with Gasteiger partial charge >= 0.3 is 0 Å². The molecule has 0 aliphatic carbocycles. The molecule has 1 atom stereocenters. The van der Waals surface area contributed by atoms with E-state index in [1.54, 1.807) is 31.2 Å². The zero-order valence-electron chi connectivity index (χ0n) is 14.9. The maximum atomic E-state index is 12.4. The van der Waals surface area contributed by atoms with Crippen molar-refractivity contribution in [1.82, 2.24) is 0 Å². The van der Waals surface area contributed by atoms with Crippen molar-refractivity contribution < 1.29 is 19.1 Å². The highest BCUT2D eigenvalue weighted by Crippen LogP contribution is 2.32. The van der Waals surface area contributed by atoms with E-state index < -0.39 is 6.04 Å². The van der Waals surface area contributed by atoms with Crippen LogP contribution in [0.3, 0.4) is 0 Å². The van der Waals surface area contributed by atoms with Crippen LogP contribution in [0.25, 0.3) is 0 Å². The molecule has 0 fully saturated rings. The third-order valence-electron chi connectivity index (χ3n) is 4.08. The van der Waals surface area contributed by atoms with Crippen molar-refractivity contribution in [3.05, 3.63) is 48.0 Å². The lowest BCUT2D eigenvalue weighted by Gasteiger charge is -2.17. The zero-order chi connectivity index (χ0) is 18.5. The van der Waals surface area contributed by atoms with Crippen LogP contribution in [0.4, 0.5) is 11.4 Å². The number of hydrogen-bond acceptors (Lipinski definition) is 5. The van der Waals surface area contributed by atoms with Crippen molar-refractivity contribution >= 4 is 23.1 Å². The minimum absolute atomic E-state index is 0.00711. The summed E-state index contributed by atoms with van der Waals surface area (Å²) in [7, 11) is 0. The molecule has 0 saturated carbocycles. The smallest absolute Gasteiger partial charge is 0.246 e. The van der Waals surface area contributed by atoms with Crippen molar-refractivity contribution in [3.8, 4) is 11.5 Å². The Hall–Kier alpha value is -3.02. The number of carbonyl (C=O) groups is 2. The summed E-state index contributed by atoms with van der Waals surface area (Å²) < 4.78 is 11.3. The van der Waals surface area contributed by atoms with Gasteiger partial charge in [0.15, 0.2) is 17.3 Å². The summed E-state index contributed by atoms with van der Waals surface area (Å²) in [5, 5.41) is 5.99. The minimum atomic E-state index is -0.452. The molecule has 6 heteroatoms. The van der Waals surface area contributed by atoms with Gasteiger partial charge in [-0.1, -0.05) is 0 Å². The third-order valence-corrected chi connectivity index (χ3v) is 4.08. The second kappa shape index (κ2) is 7.91. The molecule has 3 rings (SSSR count). The van der Waals surface area contributed by atoms with Gasteiger partial charge in [0, 0.05) is 29.4 Å². The molecule has 0 unspecified atom stereocenters. The fourth-order valence-electron chi connectivity index (χ4n) is 2.61. The van der Waals surface area contributed by atoms with Crippen LogP contribution in [0.2, 0.25) is 0 Å². The van der Waals surface area contributed by atoms with Gasteiger partial charge in [0.05, 0.1) is 13.2 Å². The molecule has 2 aromatic carbocycles. The molecule has 0 radical (unpaired) electrons. The van der Waals surface area contributed by atoms with Gasteiger partial charge in [-0.3, -0.25) is 9.59 Å². The van der Waals surface area contributed by atoms with Gasteiger partial charge in [-0.15, -0.1) is 0 Å². The first kappa shape index (κ1) is 17.8. The Balaban J connectivity index is 1.62. The zero-order valence-corrected chi connectivity index (χ0v) is 14.9. The number of benzene rings is 2. The second-order valence-corrected chi connectivity index (χ2v) is 6.20. The van der Waals surface area contributed by atoms with Crippen molar-refractivity contribution in [1.29, 1.82) is 0 Å². The van der Waals surface area contributed by atoms with E-state index in [1.807, 2.05) is 18.2 Å². The van der Waals surface area contributed by atoms with Crippen LogP contribution < -0.4 is 20.1 Å². The summed E-state index contributed by atoms with van der Waals surface area (Å²) in [5.41, 5.74) is 2.04. The molecule has 2 N–H and O–H groups in total. The van der Waals surface area contributed by atoms with Crippen LogP contribution >= 0.6 is 0 Å². The van der Waals surface area contributed by atoms with E-state index in [0.717, 1.165) is 17.9 Å². The fraction of sp³-hybridized carbons (Fsp3) is 0.300. The van der Waals surface area contributed by atoms with Gasteiger partial charge in [-0.2, -0.15) is 0 Å². The average molecular weight is 354 g/mol. The Bertz CT molecular complexity index is 802. The minimum Gasteiger partial charge on any atom is -0.490 e. The number of rotatable bonds is 5. The molecule has 0 saturated heterocycles. The lowest BCUT2D eigenvalue weighted by molar-refractivity contribution is -0.116. The summed E-state index contributed by atoms with van der Waals surface area (Å²) in [6.07, 6.45) is 0.846. The number of nitrogens with one attached hydrogen (secondary N) is 2. The highest BCUT2D eigenvalue weighted by molar-refractivity contribution is 5.98. The molecule has 26 heavy (non-hydrogen) atoms. The quantitative estimate of drug-likeness (QED) is 0.804. The number of Topliss-reactive ketones (excluding diaryl/α,β-unsaturated/α-hetero) is 1. The number of hydrogen-bond donors (Lipinski definition) is 2. The molecule has 1 aliphatic rings. The topological polar surface area (TPSA) is 76.7 Å². The number of ether oxygens (including phenoxy) is 2. The van der Waals surface area contributed by atoms with E-state index in [9.17, 15) is 9.59 Å². The number of ketones is 1. The Morgan fingerprint density at radius 2 is 1.62 bits per heavy atom. The summed E-state index contributed by atoms with van der Waals surface area (Å²) in [5.74, 6) is 1.22. The number of anilines is 2. The number of fused-ring (bicyclic) bond motifs is 1. The largest absolute Gasteiger partial charge is 0.490 e. The summed E-state index contributed by atoms with van der Waals surface area (Å²) in [6, 6.07) is 11.9. The average Bonchev–Trinajstić information content (AvgIpc) is 2.87. The van der Waals surface area contributed by atoms with Crippen LogP contribution in [0.1, 0.15) is 30.6 Å². The first-order valence-corrected chi connectivity index (χ1v) is 8.61. The van der Waals surface area contributed by atoms with Gasteiger partial charge in [0.25, 0.3) is 0 Å². The lowest BCUT2D eigenvalue weighted by atomic mass is 10.1. The molecule has 1 aliphatic heterocycles. The second-order valence-electron chi connectivity index (χ2n) is 6.20. The van der Waals surface area contributed by atoms with Crippen LogP contribution in [0.15, 0.2) is 42.5 Å². The Morgan fingerprint density at radius 3 is 2.31 bits per heavy atom. The van der Waals surface area contributed by atoms with E-state index >= 15 is 0 Å².